The van der Waals surface area contributed by atoms with E-state index >= 15 is 0 Å². The van der Waals surface area contributed by atoms with E-state index in [1.807, 2.05) is 12.1 Å². The standard InChI is InChI=1S/C18H32Br2O2Si2/c1-23(2,3)11-7-9-21-17-13-16(20)18(14-15(17)19)22-10-8-12-24(4,5)6/h13-14H,7-12H2,1-6H3. The van der Waals surface area contributed by atoms with Crippen molar-refractivity contribution >= 4 is 48.0 Å². The second-order valence-electron chi connectivity index (χ2n) is 8.74. The smallest absolute Gasteiger partial charge is 0.134 e. The molecule has 0 saturated heterocycles. The van der Waals surface area contributed by atoms with Crippen LogP contribution >= 0.6 is 31.9 Å². The quantitative estimate of drug-likeness (QED) is 0.248. The van der Waals surface area contributed by atoms with Gasteiger partial charge in [0.05, 0.1) is 22.2 Å². The van der Waals surface area contributed by atoms with E-state index in [2.05, 4.69) is 71.1 Å². The van der Waals surface area contributed by atoms with Gasteiger partial charge in [-0.1, -0.05) is 51.4 Å². The first-order chi connectivity index (χ1) is 11.0. The predicted molar refractivity (Wildman–Crippen MR) is 118 cm³/mol. The second-order valence-corrected chi connectivity index (χ2v) is 21.7. The topological polar surface area (TPSA) is 18.5 Å². The third kappa shape index (κ3) is 9.63. The Hall–Kier alpha value is 0.214. The van der Waals surface area contributed by atoms with Gasteiger partial charge < -0.3 is 9.47 Å². The van der Waals surface area contributed by atoms with E-state index < -0.39 is 16.1 Å². The average molecular weight is 496 g/mol. The van der Waals surface area contributed by atoms with Crippen LogP contribution in [-0.2, 0) is 0 Å². The van der Waals surface area contributed by atoms with Gasteiger partial charge in [0, 0.05) is 16.1 Å². The van der Waals surface area contributed by atoms with Crippen LogP contribution in [0.15, 0.2) is 21.1 Å². The van der Waals surface area contributed by atoms with Gasteiger partial charge in [-0.3, -0.25) is 0 Å². The van der Waals surface area contributed by atoms with Crippen molar-refractivity contribution in [2.24, 2.45) is 0 Å². The van der Waals surface area contributed by atoms with Crippen molar-refractivity contribution in [2.75, 3.05) is 13.2 Å². The highest BCUT2D eigenvalue weighted by molar-refractivity contribution is 9.11. The Labute approximate surface area is 167 Å². The molecule has 2 nitrogen and oxygen atoms in total. The Morgan fingerprint density at radius 3 is 1.33 bits per heavy atom. The van der Waals surface area contributed by atoms with Gasteiger partial charge in [-0.2, -0.15) is 0 Å². The molecular weight excluding hydrogens is 464 g/mol. The van der Waals surface area contributed by atoms with Crippen LogP contribution in [0.4, 0.5) is 0 Å². The summed E-state index contributed by atoms with van der Waals surface area (Å²) in [6, 6.07) is 6.60. The van der Waals surface area contributed by atoms with Crippen molar-refractivity contribution in [3.05, 3.63) is 21.1 Å². The van der Waals surface area contributed by atoms with Crippen LogP contribution in [-0.4, -0.2) is 29.4 Å². The van der Waals surface area contributed by atoms with Crippen molar-refractivity contribution in [1.29, 1.82) is 0 Å². The van der Waals surface area contributed by atoms with E-state index in [4.69, 9.17) is 9.47 Å². The molecule has 6 heteroatoms. The maximum Gasteiger partial charge on any atom is 0.134 e. The zero-order chi connectivity index (χ0) is 18.4. The summed E-state index contributed by atoms with van der Waals surface area (Å²) >= 11 is 7.21. The third-order valence-corrected chi connectivity index (χ3v) is 8.59. The van der Waals surface area contributed by atoms with Crippen LogP contribution in [0.5, 0.6) is 11.5 Å². The van der Waals surface area contributed by atoms with Gasteiger partial charge >= 0.3 is 0 Å². The highest BCUT2D eigenvalue weighted by atomic mass is 79.9. The lowest BCUT2D eigenvalue weighted by molar-refractivity contribution is 0.305. The maximum absolute atomic E-state index is 5.93. The fourth-order valence-corrected chi connectivity index (χ4v) is 5.58. The summed E-state index contributed by atoms with van der Waals surface area (Å²) in [4.78, 5) is 0. The van der Waals surface area contributed by atoms with Crippen LogP contribution in [0.2, 0.25) is 51.4 Å². The van der Waals surface area contributed by atoms with Crippen LogP contribution < -0.4 is 9.47 Å². The molecule has 0 N–H and O–H groups in total. The van der Waals surface area contributed by atoms with Crippen LogP contribution in [0.25, 0.3) is 0 Å². The zero-order valence-electron chi connectivity index (χ0n) is 16.0. The number of ether oxygens (including phenoxy) is 2. The van der Waals surface area contributed by atoms with E-state index in [0.29, 0.717) is 0 Å². The molecule has 1 rings (SSSR count). The highest BCUT2D eigenvalue weighted by Gasteiger charge is 2.14. The molecule has 0 aromatic heterocycles. The van der Waals surface area contributed by atoms with Crippen molar-refractivity contribution < 1.29 is 9.47 Å². The third-order valence-electron chi connectivity index (χ3n) is 3.64. The molecule has 1 aromatic rings. The summed E-state index contributed by atoms with van der Waals surface area (Å²) in [6.45, 7) is 15.9. The molecule has 24 heavy (non-hydrogen) atoms. The molecule has 1 aromatic carbocycles. The summed E-state index contributed by atoms with van der Waals surface area (Å²) in [6.07, 6.45) is 2.24. The minimum absolute atomic E-state index is 0.770. The largest absolute Gasteiger partial charge is 0.492 e. The first-order valence-corrected chi connectivity index (χ1v) is 17.7. The van der Waals surface area contributed by atoms with E-state index in [0.717, 1.165) is 46.5 Å². The highest BCUT2D eigenvalue weighted by Crippen LogP contribution is 2.36. The molecule has 0 bridgehead atoms. The monoisotopic (exact) mass is 494 g/mol. The first kappa shape index (κ1) is 22.3. The molecule has 0 saturated carbocycles. The summed E-state index contributed by atoms with van der Waals surface area (Å²) in [5.74, 6) is 1.76. The molecule has 0 aliphatic carbocycles. The molecule has 0 aliphatic rings. The van der Waals surface area contributed by atoms with Crippen molar-refractivity contribution in [3.8, 4) is 11.5 Å². The molecule has 0 unspecified atom stereocenters. The van der Waals surface area contributed by atoms with E-state index in [1.54, 1.807) is 0 Å². The summed E-state index contributed by atoms with van der Waals surface area (Å²) < 4.78 is 13.8. The first-order valence-electron chi connectivity index (χ1n) is 8.73. The molecular formula is C18H32Br2O2Si2. The van der Waals surface area contributed by atoms with E-state index in [9.17, 15) is 0 Å². The van der Waals surface area contributed by atoms with Gasteiger partial charge in [0.15, 0.2) is 0 Å². The Bertz CT molecular complexity index is 475. The minimum atomic E-state index is -0.979. The van der Waals surface area contributed by atoms with E-state index in [1.165, 1.54) is 12.1 Å². The van der Waals surface area contributed by atoms with Gasteiger partial charge in [0.25, 0.3) is 0 Å². The van der Waals surface area contributed by atoms with Crippen molar-refractivity contribution in [3.63, 3.8) is 0 Å². The number of hydrogen-bond donors (Lipinski definition) is 0. The van der Waals surface area contributed by atoms with Gasteiger partial charge in [-0.05, 0) is 56.8 Å². The maximum atomic E-state index is 5.93. The van der Waals surface area contributed by atoms with E-state index in [-0.39, 0.29) is 0 Å². The summed E-state index contributed by atoms with van der Waals surface area (Å²) in [5.41, 5.74) is 0. The minimum Gasteiger partial charge on any atom is -0.492 e. The Morgan fingerprint density at radius 1 is 0.708 bits per heavy atom. The lowest BCUT2D eigenvalue weighted by Gasteiger charge is -2.17. The second kappa shape index (κ2) is 9.79. The van der Waals surface area contributed by atoms with Gasteiger partial charge in [-0.25, -0.2) is 0 Å². The molecule has 0 radical (unpaired) electrons. The van der Waals surface area contributed by atoms with Crippen LogP contribution in [0, 0.1) is 0 Å². The van der Waals surface area contributed by atoms with Gasteiger partial charge in [0.1, 0.15) is 11.5 Å². The SMILES string of the molecule is C[Si](C)(C)CCCOc1cc(Br)c(OCCC[Si](C)(C)C)cc1Br. The average Bonchev–Trinajstić information content (AvgIpc) is 2.41. The number of benzene rings is 1. The fraction of sp³-hybridized carbons (Fsp3) is 0.667. The Morgan fingerprint density at radius 2 is 1.04 bits per heavy atom. The predicted octanol–water partition coefficient (Wildman–Crippen LogP) is 7.43. The molecule has 0 aliphatic heterocycles. The lowest BCUT2D eigenvalue weighted by atomic mass is 10.3. The molecule has 0 heterocycles. The van der Waals surface area contributed by atoms with Crippen molar-refractivity contribution in [2.45, 2.75) is 64.2 Å². The fourth-order valence-electron chi connectivity index (χ4n) is 2.30. The van der Waals surface area contributed by atoms with Gasteiger partial charge in [0.2, 0.25) is 0 Å². The summed E-state index contributed by atoms with van der Waals surface area (Å²) in [7, 11) is -1.96. The normalized spacial score (nSPS) is 12.3. The van der Waals surface area contributed by atoms with Crippen LogP contribution in [0.1, 0.15) is 12.8 Å². The molecule has 0 atom stereocenters. The van der Waals surface area contributed by atoms with Gasteiger partial charge in [-0.15, -0.1) is 0 Å². The molecule has 0 amide bonds. The van der Waals surface area contributed by atoms with Crippen molar-refractivity contribution in [1.82, 2.24) is 0 Å². The molecule has 0 fully saturated rings. The lowest BCUT2D eigenvalue weighted by Crippen LogP contribution is -2.20. The number of hydrogen-bond acceptors (Lipinski definition) is 2. The Kier molecular flexibility index (Phi) is 9.07. The molecule has 138 valence electrons. The number of halogens is 2. The summed E-state index contributed by atoms with van der Waals surface area (Å²) in [5, 5.41) is 0. The van der Waals surface area contributed by atoms with Crippen LogP contribution in [0.3, 0.4) is 0 Å². The molecule has 0 spiro atoms. The zero-order valence-corrected chi connectivity index (χ0v) is 21.1. The number of rotatable bonds is 10. The Balaban J connectivity index is 2.50.